The third-order valence-corrected chi connectivity index (χ3v) is 7.04. The summed E-state index contributed by atoms with van der Waals surface area (Å²) in [6.45, 7) is 4.76. The summed E-state index contributed by atoms with van der Waals surface area (Å²) >= 11 is 0. The van der Waals surface area contributed by atoms with E-state index >= 15 is 0 Å². The van der Waals surface area contributed by atoms with Crippen LogP contribution in [0.1, 0.15) is 18.1 Å². The van der Waals surface area contributed by atoms with Crippen LogP contribution < -0.4 is 10.2 Å². The lowest BCUT2D eigenvalue weighted by Crippen LogP contribution is -2.20. The molecule has 5 nitrogen and oxygen atoms in total. The van der Waals surface area contributed by atoms with Crippen molar-refractivity contribution in [1.82, 2.24) is 4.57 Å². The molecule has 4 aromatic rings. The molecular weight excluding hydrogens is 410 g/mol. The third kappa shape index (κ3) is 3.99. The van der Waals surface area contributed by atoms with Crippen LogP contribution in [0.15, 0.2) is 93.6 Å². The molecule has 158 valence electrons. The van der Waals surface area contributed by atoms with Crippen molar-refractivity contribution >= 4 is 20.7 Å². The number of pyridine rings is 1. The van der Waals surface area contributed by atoms with Crippen LogP contribution in [-0.2, 0) is 16.4 Å². The molecule has 0 aliphatic heterocycles. The first-order valence-corrected chi connectivity index (χ1v) is 11.5. The van der Waals surface area contributed by atoms with Gasteiger partial charge in [-0.3, -0.25) is 4.79 Å². The first kappa shape index (κ1) is 20.9. The fraction of sp³-hybridized carbons (Fsp3) is 0.160. The molecule has 0 saturated carbocycles. The Morgan fingerprint density at radius 3 is 2.35 bits per heavy atom. The Kier molecular flexibility index (Phi) is 5.65. The van der Waals surface area contributed by atoms with Gasteiger partial charge in [0.05, 0.1) is 22.4 Å². The summed E-state index contributed by atoms with van der Waals surface area (Å²) < 4.78 is 34.1. The highest BCUT2D eigenvalue weighted by atomic mass is 32.2. The van der Waals surface area contributed by atoms with Gasteiger partial charge in [-0.05, 0) is 55.3 Å². The van der Waals surface area contributed by atoms with E-state index in [1.807, 2.05) is 42.7 Å². The molecule has 0 amide bonds. The minimum atomic E-state index is -3.99. The van der Waals surface area contributed by atoms with Crippen molar-refractivity contribution in [1.29, 1.82) is 0 Å². The minimum Gasteiger partial charge on any atom is -0.494 e. The molecule has 4 rings (SSSR count). The van der Waals surface area contributed by atoms with E-state index in [0.29, 0.717) is 29.8 Å². The number of hydrogen-bond acceptors (Lipinski definition) is 4. The van der Waals surface area contributed by atoms with Gasteiger partial charge in [-0.1, -0.05) is 42.5 Å². The number of benzene rings is 3. The zero-order valence-electron chi connectivity index (χ0n) is 17.4. The molecule has 3 aromatic carbocycles. The summed E-state index contributed by atoms with van der Waals surface area (Å²) in [7, 11) is -3.99. The standard InChI is InChI=1S/C25H23NO4S/c1-3-30-20-13-14-23-22(15-20)25(27)24(31(28,29)21-11-5-4-6-12-21)17-26(23)16-19-10-8-7-9-18(19)2/h4-15,17H,3,16H2,1-2H3. The molecule has 0 bridgehead atoms. The second-order valence-electron chi connectivity index (χ2n) is 7.31. The summed E-state index contributed by atoms with van der Waals surface area (Å²) in [6.07, 6.45) is 1.46. The van der Waals surface area contributed by atoms with E-state index in [1.54, 1.807) is 36.4 Å². The topological polar surface area (TPSA) is 65.4 Å². The smallest absolute Gasteiger partial charge is 0.211 e. The quantitative estimate of drug-likeness (QED) is 0.446. The van der Waals surface area contributed by atoms with Crippen molar-refractivity contribution in [2.24, 2.45) is 0 Å². The van der Waals surface area contributed by atoms with Crippen LogP contribution in [0, 0.1) is 6.92 Å². The molecule has 31 heavy (non-hydrogen) atoms. The van der Waals surface area contributed by atoms with Gasteiger partial charge < -0.3 is 9.30 Å². The van der Waals surface area contributed by atoms with Gasteiger partial charge in [-0.25, -0.2) is 8.42 Å². The number of nitrogens with zero attached hydrogens (tertiary/aromatic N) is 1. The summed E-state index contributed by atoms with van der Waals surface area (Å²) in [5.41, 5.74) is 2.27. The SMILES string of the molecule is CCOc1ccc2c(c1)c(=O)c(S(=O)(=O)c1ccccc1)cn2Cc1ccccc1C. The molecule has 0 fully saturated rings. The van der Waals surface area contributed by atoms with Crippen LogP contribution in [0.25, 0.3) is 10.9 Å². The third-order valence-electron chi connectivity index (χ3n) is 5.27. The zero-order valence-corrected chi connectivity index (χ0v) is 18.2. The minimum absolute atomic E-state index is 0.0925. The highest BCUT2D eigenvalue weighted by Gasteiger charge is 2.24. The van der Waals surface area contributed by atoms with Gasteiger partial charge >= 0.3 is 0 Å². The number of ether oxygens (including phenoxy) is 1. The first-order valence-electron chi connectivity index (χ1n) is 10.1. The van der Waals surface area contributed by atoms with Gasteiger partial charge in [0.2, 0.25) is 15.3 Å². The van der Waals surface area contributed by atoms with Crippen LogP contribution in [0.3, 0.4) is 0 Å². The second-order valence-corrected chi connectivity index (χ2v) is 9.22. The summed E-state index contributed by atoms with van der Waals surface area (Å²) in [4.78, 5) is 13.2. The number of aryl methyl sites for hydroxylation is 1. The zero-order chi connectivity index (χ0) is 22.0. The lowest BCUT2D eigenvalue weighted by Gasteiger charge is -2.16. The van der Waals surface area contributed by atoms with E-state index in [0.717, 1.165) is 11.1 Å². The van der Waals surface area contributed by atoms with Gasteiger partial charge in [0.15, 0.2) is 0 Å². The van der Waals surface area contributed by atoms with E-state index in [1.165, 1.54) is 18.3 Å². The molecular formula is C25H23NO4S. The van der Waals surface area contributed by atoms with Crippen LogP contribution in [0.5, 0.6) is 5.75 Å². The van der Waals surface area contributed by atoms with Gasteiger partial charge in [0.25, 0.3) is 0 Å². The predicted octanol–water partition coefficient (Wildman–Crippen LogP) is 4.59. The molecule has 0 N–H and O–H groups in total. The Hall–Kier alpha value is -3.38. The summed E-state index contributed by atoms with van der Waals surface area (Å²) in [5, 5.41) is 0.316. The number of aromatic nitrogens is 1. The average Bonchev–Trinajstić information content (AvgIpc) is 2.78. The monoisotopic (exact) mass is 433 g/mol. The normalized spacial score (nSPS) is 11.5. The lowest BCUT2D eigenvalue weighted by molar-refractivity contribution is 0.340. The fourth-order valence-electron chi connectivity index (χ4n) is 3.63. The predicted molar refractivity (Wildman–Crippen MR) is 122 cm³/mol. The maximum atomic E-state index is 13.3. The largest absolute Gasteiger partial charge is 0.494 e. The fourth-order valence-corrected chi connectivity index (χ4v) is 5.02. The van der Waals surface area contributed by atoms with Gasteiger partial charge in [0.1, 0.15) is 10.6 Å². The number of fused-ring (bicyclic) bond motifs is 1. The maximum absolute atomic E-state index is 13.3. The van der Waals surface area contributed by atoms with Crippen LogP contribution >= 0.6 is 0 Å². The van der Waals surface area contributed by atoms with Crippen LogP contribution in [0.4, 0.5) is 0 Å². The van der Waals surface area contributed by atoms with E-state index < -0.39 is 15.3 Å². The van der Waals surface area contributed by atoms with Gasteiger partial charge in [-0.15, -0.1) is 0 Å². The molecule has 1 heterocycles. The molecule has 0 aliphatic carbocycles. The second kappa shape index (κ2) is 8.40. The van der Waals surface area contributed by atoms with Crippen molar-refractivity contribution in [2.45, 2.75) is 30.2 Å². The molecule has 0 saturated heterocycles. The molecule has 0 aliphatic rings. The molecule has 0 radical (unpaired) electrons. The van der Waals surface area contributed by atoms with Crippen molar-refractivity contribution in [3.63, 3.8) is 0 Å². The Morgan fingerprint density at radius 1 is 0.935 bits per heavy atom. The number of hydrogen-bond donors (Lipinski definition) is 0. The maximum Gasteiger partial charge on any atom is 0.211 e. The van der Waals surface area contributed by atoms with Crippen LogP contribution in [-0.4, -0.2) is 19.6 Å². The molecule has 0 spiro atoms. The summed E-state index contributed by atoms with van der Waals surface area (Å²) in [5.74, 6) is 0.531. The van der Waals surface area contributed by atoms with Crippen molar-refractivity contribution in [2.75, 3.05) is 6.61 Å². The lowest BCUT2D eigenvalue weighted by atomic mass is 10.1. The molecule has 6 heteroatoms. The van der Waals surface area contributed by atoms with Crippen molar-refractivity contribution in [3.8, 4) is 5.75 Å². The average molecular weight is 434 g/mol. The van der Waals surface area contributed by atoms with E-state index in [9.17, 15) is 13.2 Å². The van der Waals surface area contributed by atoms with E-state index in [2.05, 4.69) is 0 Å². The Balaban J connectivity index is 1.99. The first-order chi connectivity index (χ1) is 14.9. The molecule has 0 unspecified atom stereocenters. The summed E-state index contributed by atoms with van der Waals surface area (Å²) in [6, 6.07) is 21.2. The van der Waals surface area contributed by atoms with Gasteiger partial charge in [0, 0.05) is 12.7 Å². The van der Waals surface area contributed by atoms with Crippen molar-refractivity contribution < 1.29 is 13.2 Å². The Morgan fingerprint density at radius 2 is 1.65 bits per heavy atom. The molecule has 1 aromatic heterocycles. The Bertz CT molecular complexity index is 1410. The van der Waals surface area contributed by atoms with E-state index in [4.69, 9.17) is 4.74 Å². The highest BCUT2D eigenvalue weighted by Crippen LogP contribution is 2.25. The Labute approximate surface area is 181 Å². The van der Waals surface area contributed by atoms with E-state index in [-0.39, 0.29) is 9.79 Å². The highest BCUT2D eigenvalue weighted by molar-refractivity contribution is 7.91. The number of rotatable bonds is 6. The number of sulfone groups is 1. The van der Waals surface area contributed by atoms with Gasteiger partial charge in [-0.2, -0.15) is 0 Å². The van der Waals surface area contributed by atoms with Crippen molar-refractivity contribution in [3.05, 3.63) is 100 Å². The van der Waals surface area contributed by atoms with Crippen LogP contribution in [0.2, 0.25) is 0 Å². The molecule has 0 atom stereocenters.